The molecule has 0 aliphatic carbocycles. The van der Waals surface area contributed by atoms with Crippen LogP contribution >= 0.6 is 0 Å². The van der Waals surface area contributed by atoms with E-state index >= 15 is 0 Å². The molecule has 0 aromatic rings. The van der Waals surface area contributed by atoms with E-state index in [4.69, 9.17) is 11.5 Å². The fraction of sp³-hybridized carbons (Fsp3) is 0.556. The zero-order valence-corrected chi connectivity index (χ0v) is 10.9. The summed E-state index contributed by atoms with van der Waals surface area (Å²) in [5.41, 5.74) is 13.4. The van der Waals surface area contributed by atoms with Crippen molar-refractivity contribution in [1.82, 2.24) is 32.7 Å². The Labute approximate surface area is 119 Å². The Hall–Kier alpha value is -2.28. The Morgan fingerprint density at radius 2 is 1.10 bits per heavy atom. The average molecular weight is 304 g/mol. The molecule has 12 nitrogen and oxygen atoms in total. The molecule has 21 heavy (non-hydrogen) atoms. The van der Waals surface area contributed by atoms with Crippen LogP contribution in [-0.2, 0) is 19.2 Å². The van der Waals surface area contributed by atoms with Crippen LogP contribution in [0.15, 0.2) is 0 Å². The van der Waals surface area contributed by atoms with Crippen LogP contribution in [0.1, 0.15) is 12.8 Å². The highest BCUT2D eigenvalue weighted by atomic mass is 16.6. The van der Waals surface area contributed by atoms with Crippen LogP contribution in [0.3, 0.4) is 0 Å². The molecule has 0 unspecified atom stereocenters. The Morgan fingerprint density at radius 1 is 0.762 bits per heavy atom. The summed E-state index contributed by atoms with van der Waals surface area (Å²) in [4.78, 5) is 44.4. The fourth-order valence-electron chi connectivity index (χ4n) is 1.12. The third-order valence-corrected chi connectivity index (χ3v) is 1.84. The first-order valence-electron chi connectivity index (χ1n) is 5.59. The maximum atomic E-state index is 11.2. The second kappa shape index (κ2) is 8.80. The Kier molecular flexibility index (Phi) is 7.85. The monoisotopic (exact) mass is 304 g/mol. The first-order valence-corrected chi connectivity index (χ1v) is 5.59. The third kappa shape index (κ3) is 9.28. The molecule has 0 aromatic heterocycles. The summed E-state index contributed by atoms with van der Waals surface area (Å²) in [6.07, 6.45) is -1.56. The third-order valence-electron chi connectivity index (χ3n) is 1.84. The number of rotatable bonds is 8. The highest BCUT2D eigenvalue weighted by Crippen LogP contribution is 1.93. The highest BCUT2D eigenvalue weighted by Gasteiger charge is 2.29. The molecule has 0 saturated heterocycles. The van der Waals surface area contributed by atoms with Gasteiger partial charge >= 0.3 is 6.03 Å². The number of amides is 4. The summed E-state index contributed by atoms with van der Waals surface area (Å²) < 4.78 is 0. The molecule has 8 N–H and O–H groups in total. The molecule has 0 fully saturated rings. The fourth-order valence-corrected chi connectivity index (χ4v) is 1.12. The predicted octanol–water partition coefficient (Wildman–Crippen LogP) is -4.69. The van der Waals surface area contributed by atoms with E-state index in [1.54, 1.807) is 0 Å². The molecule has 2 radical (unpaired) electrons. The van der Waals surface area contributed by atoms with Gasteiger partial charge in [0.15, 0.2) is 0 Å². The second-order valence-electron chi connectivity index (χ2n) is 3.68. The van der Waals surface area contributed by atoms with Gasteiger partial charge in [-0.25, -0.2) is 11.5 Å². The van der Waals surface area contributed by atoms with Crippen LogP contribution in [0.5, 0.6) is 0 Å². The zero-order valence-electron chi connectivity index (χ0n) is 10.9. The van der Waals surface area contributed by atoms with Gasteiger partial charge in [0.25, 0.3) is 0 Å². The summed E-state index contributed by atoms with van der Waals surface area (Å²) in [6, 6.07) is -3.14. The van der Waals surface area contributed by atoms with Crippen LogP contribution in [0.25, 0.3) is 0 Å². The Morgan fingerprint density at radius 3 is 1.38 bits per heavy atom. The summed E-state index contributed by atoms with van der Waals surface area (Å²) >= 11 is 0. The van der Waals surface area contributed by atoms with Crippen LogP contribution in [-0.4, -0.2) is 53.2 Å². The van der Waals surface area contributed by atoms with Gasteiger partial charge in [-0.3, -0.25) is 29.8 Å². The normalized spacial score (nSPS) is 10.5. The van der Waals surface area contributed by atoms with E-state index in [0.717, 1.165) is 0 Å². The molecule has 4 amide bonds. The lowest BCUT2D eigenvalue weighted by atomic mass is 10.3. The van der Waals surface area contributed by atoms with Gasteiger partial charge in [-0.05, 0) is 0 Å². The number of nitrogens with one attached hydrogen (secondary N) is 6. The summed E-state index contributed by atoms with van der Waals surface area (Å²) in [6.45, 7) is -0.894. The average Bonchev–Trinajstić information content (AvgIpc) is 2.26. The van der Waals surface area contributed by atoms with Crippen molar-refractivity contribution in [2.75, 3.05) is 13.3 Å². The number of hydrogen-bond donors (Lipinski definition) is 6. The number of carbonyl (C=O) groups is 4. The summed E-state index contributed by atoms with van der Waals surface area (Å²) in [7, 11) is 0. The van der Waals surface area contributed by atoms with E-state index < -0.39 is 55.8 Å². The Bertz CT molecular complexity index is 376. The van der Waals surface area contributed by atoms with Crippen LogP contribution in [0, 0.1) is 0 Å². The van der Waals surface area contributed by atoms with Gasteiger partial charge in [-0.1, -0.05) is 0 Å². The van der Waals surface area contributed by atoms with E-state index in [9.17, 15) is 29.4 Å². The van der Waals surface area contributed by atoms with Gasteiger partial charge in [0.1, 0.15) is 12.8 Å². The first-order chi connectivity index (χ1) is 9.70. The van der Waals surface area contributed by atoms with E-state index in [-0.39, 0.29) is 0 Å². The number of aliphatic hydroxyl groups is 2. The lowest BCUT2D eigenvalue weighted by Crippen LogP contribution is -2.61. The molecule has 0 aliphatic heterocycles. The van der Waals surface area contributed by atoms with Crippen molar-refractivity contribution in [2.45, 2.75) is 18.9 Å². The van der Waals surface area contributed by atoms with Crippen molar-refractivity contribution in [3.05, 3.63) is 0 Å². The van der Waals surface area contributed by atoms with Gasteiger partial charge in [-0.2, -0.15) is 0 Å². The van der Waals surface area contributed by atoms with Crippen molar-refractivity contribution in [3.8, 4) is 0 Å². The molecule has 0 bridgehead atoms. The molecule has 118 valence electrons. The quantitative estimate of drug-likeness (QED) is 0.192. The maximum absolute atomic E-state index is 11.2. The van der Waals surface area contributed by atoms with Crippen LogP contribution < -0.4 is 32.7 Å². The van der Waals surface area contributed by atoms with Crippen LogP contribution in [0.2, 0.25) is 0 Å². The van der Waals surface area contributed by atoms with E-state index in [0.29, 0.717) is 0 Å². The predicted molar refractivity (Wildman–Crippen MR) is 64.9 cm³/mol. The lowest BCUT2D eigenvalue weighted by Gasteiger charge is -2.23. The molecule has 0 atom stereocenters. The topological polar surface area (TPSA) is 204 Å². The zero-order chi connectivity index (χ0) is 16.5. The number of carbonyl (C=O) groups excluding carboxylic acids is 4. The minimum absolute atomic E-state index is 0.447. The first kappa shape index (κ1) is 18.7. The minimum Gasteiger partial charge on any atom is -0.342 e. The molecule has 0 aromatic carbocycles. The van der Waals surface area contributed by atoms with Gasteiger partial charge < -0.3 is 20.8 Å². The van der Waals surface area contributed by atoms with Gasteiger partial charge in [0.2, 0.25) is 23.6 Å². The van der Waals surface area contributed by atoms with Crippen molar-refractivity contribution >= 4 is 23.6 Å². The highest BCUT2D eigenvalue weighted by molar-refractivity contribution is 5.98. The van der Waals surface area contributed by atoms with Crippen molar-refractivity contribution in [3.63, 3.8) is 0 Å². The second-order valence-corrected chi connectivity index (χ2v) is 3.68. The van der Waals surface area contributed by atoms with Crippen LogP contribution in [0.4, 0.5) is 0 Å². The maximum Gasteiger partial charge on any atom is 0.337 e. The van der Waals surface area contributed by atoms with Gasteiger partial charge in [0, 0.05) is 0 Å². The lowest BCUT2D eigenvalue weighted by molar-refractivity contribution is -0.209. The standard InChI is InChI=1S/C9H16N6O6/c10-3-12-5(16)1-7(18)14-9(20,21)15-8(19)2-6(17)13-4-11/h10-11,20-21H,1-4H2,(H,12,16)(H,13,17)(H,14,18)(H,15,19). The summed E-state index contributed by atoms with van der Waals surface area (Å²) in [5.74, 6) is -3.89. The smallest absolute Gasteiger partial charge is 0.337 e. The van der Waals surface area contributed by atoms with Gasteiger partial charge in [0.05, 0.1) is 13.3 Å². The Balaban J connectivity index is 4.29. The molecule has 0 aliphatic rings. The molecule has 0 rings (SSSR count). The molecule has 0 heterocycles. The van der Waals surface area contributed by atoms with E-state index in [1.807, 2.05) is 10.6 Å². The van der Waals surface area contributed by atoms with Gasteiger partial charge in [-0.15, -0.1) is 0 Å². The van der Waals surface area contributed by atoms with Crippen molar-refractivity contribution < 1.29 is 29.4 Å². The molecule has 0 spiro atoms. The van der Waals surface area contributed by atoms with Crippen molar-refractivity contribution in [2.24, 2.45) is 0 Å². The largest absolute Gasteiger partial charge is 0.342 e. The molecular weight excluding hydrogens is 288 g/mol. The molecule has 12 heteroatoms. The SMILES string of the molecule is [NH]CNC(=O)CC(=O)NC(O)(O)NC(=O)CC(=O)NC[NH]. The van der Waals surface area contributed by atoms with E-state index in [1.165, 1.54) is 10.6 Å². The minimum atomic E-state index is -3.14. The van der Waals surface area contributed by atoms with E-state index in [2.05, 4.69) is 0 Å². The van der Waals surface area contributed by atoms with Crippen molar-refractivity contribution in [1.29, 1.82) is 0 Å². The summed E-state index contributed by atoms with van der Waals surface area (Å²) in [5, 5.41) is 25.6. The number of hydrogen-bond acceptors (Lipinski definition) is 6. The molecular formula is C9H16N6O6. The molecule has 0 saturated carbocycles.